The molecule has 0 radical (unpaired) electrons. The van der Waals surface area contributed by atoms with Gasteiger partial charge in [0.05, 0.1) is 54.1 Å². The Labute approximate surface area is 200 Å². The van der Waals surface area contributed by atoms with Crippen LogP contribution >= 0.6 is 0 Å². The van der Waals surface area contributed by atoms with Crippen LogP contribution in [0.25, 0.3) is 5.76 Å². The maximum atomic E-state index is 13.5. The normalized spacial score (nSPS) is 17.4. The van der Waals surface area contributed by atoms with E-state index in [1.807, 2.05) is 21.0 Å². The number of benzene rings is 2. The number of nitrogens with zero attached hydrogens (tertiary/aromatic N) is 1. The van der Waals surface area contributed by atoms with Gasteiger partial charge in [-0.3, -0.25) is 9.59 Å². The number of methoxy groups -OCH3 is 2. The first kappa shape index (κ1) is 25.1. The second-order valence-corrected chi connectivity index (χ2v) is 8.42. The van der Waals surface area contributed by atoms with Crippen LogP contribution in [0.4, 0.5) is 0 Å². The van der Waals surface area contributed by atoms with Crippen LogP contribution in [0.1, 0.15) is 30.5 Å². The molecule has 1 N–H and O–H groups in total. The third-order valence-electron chi connectivity index (χ3n) is 5.68. The molecule has 1 unspecified atom stereocenters. The van der Waals surface area contributed by atoms with Gasteiger partial charge < -0.3 is 29.1 Å². The number of carbonyl (C=O) groups is 2. The molecule has 1 saturated heterocycles. The van der Waals surface area contributed by atoms with E-state index in [0.29, 0.717) is 42.5 Å². The Hall–Kier alpha value is -3.52. The van der Waals surface area contributed by atoms with Crippen molar-refractivity contribution in [3.05, 3.63) is 59.2 Å². The molecule has 0 spiro atoms. The standard InChI is InChI=1S/C26H32N2O6/c1-6-14-34-20-11-10-17(16-21(20)33-5)23-22(24(29)18-8-7-9-19(15-18)32-4)25(30)26(31)28(23)13-12-27(2)3/h7-11,15-16,23,29H,6,12-14H2,1-5H3. The summed E-state index contributed by atoms with van der Waals surface area (Å²) in [6, 6.07) is 11.0. The summed E-state index contributed by atoms with van der Waals surface area (Å²) in [7, 11) is 6.96. The van der Waals surface area contributed by atoms with Crippen LogP contribution in [-0.2, 0) is 9.59 Å². The molecule has 0 aliphatic carbocycles. The van der Waals surface area contributed by atoms with E-state index in [4.69, 9.17) is 14.2 Å². The minimum atomic E-state index is -0.827. The highest BCUT2D eigenvalue weighted by molar-refractivity contribution is 6.46. The number of ether oxygens (including phenoxy) is 3. The lowest BCUT2D eigenvalue weighted by Gasteiger charge is -2.28. The van der Waals surface area contributed by atoms with Gasteiger partial charge in [0, 0.05) is 5.57 Å². The summed E-state index contributed by atoms with van der Waals surface area (Å²) in [5.74, 6) is -0.420. The summed E-state index contributed by atoms with van der Waals surface area (Å²) in [5.41, 5.74) is 0.826. The molecule has 2 aromatic rings. The number of quaternary nitrogens is 1. The van der Waals surface area contributed by atoms with Crippen LogP contribution in [0.5, 0.6) is 17.2 Å². The lowest BCUT2D eigenvalue weighted by Crippen LogP contribution is -3.06. The van der Waals surface area contributed by atoms with Crippen LogP contribution < -0.4 is 24.2 Å². The minimum Gasteiger partial charge on any atom is -0.872 e. The van der Waals surface area contributed by atoms with Gasteiger partial charge in [-0.2, -0.15) is 0 Å². The zero-order valence-corrected chi connectivity index (χ0v) is 20.3. The lowest BCUT2D eigenvalue weighted by atomic mass is 9.95. The fourth-order valence-electron chi connectivity index (χ4n) is 3.90. The van der Waals surface area contributed by atoms with Crippen molar-refractivity contribution in [2.24, 2.45) is 0 Å². The average Bonchev–Trinajstić information content (AvgIpc) is 3.10. The third-order valence-corrected chi connectivity index (χ3v) is 5.68. The fourth-order valence-corrected chi connectivity index (χ4v) is 3.90. The van der Waals surface area contributed by atoms with Crippen molar-refractivity contribution >= 4 is 17.4 Å². The summed E-state index contributed by atoms with van der Waals surface area (Å²) >= 11 is 0. The van der Waals surface area contributed by atoms with E-state index >= 15 is 0 Å². The second kappa shape index (κ2) is 11.1. The van der Waals surface area contributed by atoms with Crippen LogP contribution in [0.2, 0.25) is 0 Å². The van der Waals surface area contributed by atoms with Crippen molar-refractivity contribution in [3.63, 3.8) is 0 Å². The first-order chi connectivity index (χ1) is 16.3. The molecule has 34 heavy (non-hydrogen) atoms. The fraction of sp³-hybridized carbons (Fsp3) is 0.385. The number of ketones is 1. The number of hydrogen-bond donors (Lipinski definition) is 1. The SMILES string of the molecule is CCCOc1ccc(C2C(=C([O-])c3cccc(OC)c3)C(=O)C(=O)N2CC[NH+](C)C)cc1OC. The highest BCUT2D eigenvalue weighted by atomic mass is 16.5. The molecule has 0 saturated carbocycles. The smallest absolute Gasteiger partial charge is 0.295 e. The van der Waals surface area contributed by atoms with Gasteiger partial charge in [-0.15, -0.1) is 0 Å². The summed E-state index contributed by atoms with van der Waals surface area (Å²) in [6.07, 6.45) is 0.837. The Bertz CT molecular complexity index is 1080. The molecule has 1 aliphatic rings. The van der Waals surface area contributed by atoms with E-state index in [1.54, 1.807) is 42.5 Å². The number of likely N-dealkylation sites (tertiary alicyclic amines) is 1. The highest BCUT2D eigenvalue weighted by Crippen LogP contribution is 2.41. The number of amides is 1. The van der Waals surface area contributed by atoms with E-state index in [-0.39, 0.29) is 11.1 Å². The Kier molecular flexibility index (Phi) is 8.17. The predicted molar refractivity (Wildman–Crippen MR) is 126 cm³/mol. The largest absolute Gasteiger partial charge is 0.872 e. The molecule has 2 aromatic carbocycles. The molecule has 3 rings (SSSR count). The van der Waals surface area contributed by atoms with Crippen LogP contribution in [0.3, 0.4) is 0 Å². The molecule has 0 aromatic heterocycles. The molecule has 1 heterocycles. The second-order valence-electron chi connectivity index (χ2n) is 8.42. The molecular formula is C26H32N2O6. The van der Waals surface area contributed by atoms with Crippen molar-refractivity contribution in [1.29, 1.82) is 0 Å². The van der Waals surface area contributed by atoms with Crippen molar-refractivity contribution in [2.75, 3.05) is 48.0 Å². The number of Topliss-reactive ketones (excluding diaryl/α,β-unsaturated/α-hetero) is 1. The summed E-state index contributed by atoms with van der Waals surface area (Å²) in [4.78, 5) is 28.8. The summed E-state index contributed by atoms with van der Waals surface area (Å²) in [6.45, 7) is 3.47. The molecule has 1 amide bonds. The Morgan fingerprint density at radius 3 is 2.47 bits per heavy atom. The van der Waals surface area contributed by atoms with Gasteiger partial charge >= 0.3 is 0 Å². The van der Waals surface area contributed by atoms with Gasteiger partial charge in [0.15, 0.2) is 11.5 Å². The first-order valence-electron chi connectivity index (χ1n) is 11.3. The summed E-state index contributed by atoms with van der Waals surface area (Å²) < 4.78 is 16.5. The van der Waals surface area contributed by atoms with Crippen molar-refractivity contribution in [2.45, 2.75) is 19.4 Å². The average molecular weight is 469 g/mol. The number of likely N-dealkylation sites (N-methyl/N-ethyl adjacent to an activating group) is 1. The van der Waals surface area contributed by atoms with E-state index in [9.17, 15) is 14.7 Å². The Morgan fingerprint density at radius 2 is 1.82 bits per heavy atom. The van der Waals surface area contributed by atoms with E-state index < -0.39 is 23.5 Å². The molecule has 1 aliphatic heterocycles. The van der Waals surface area contributed by atoms with Gasteiger partial charge in [-0.25, -0.2) is 0 Å². The zero-order chi connectivity index (χ0) is 24.8. The van der Waals surface area contributed by atoms with Crippen LogP contribution in [0.15, 0.2) is 48.0 Å². The quantitative estimate of drug-likeness (QED) is 0.316. The molecule has 8 nitrogen and oxygen atoms in total. The number of rotatable bonds is 10. The maximum absolute atomic E-state index is 13.5. The Balaban J connectivity index is 2.15. The van der Waals surface area contributed by atoms with Gasteiger partial charge in [-0.1, -0.05) is 30.9 Å². The Morgan fingerprint density at radius 1 is 1.06 bits per heavy atom. The summed E-state index contributed by atoms with van der Waals surface area (Å²) in [5, 5.41) is 13.5. The van der Waals surface area contributed by atoms with Gasteiger partial charge in [0.1, 0.15) is 5.75 Å². The van der Waals surface area contributed by atoms with Gasteiger partial charge in [0.25, 0.3) is 5.91 Å². The van der Waals surface area contributed by atoms with Gasteiger partial charge in [-0.05, 0) is 41.8 Å². The van der Waals surface area contributed by atoms with Crippen molar-refractivity contribution < 1.29 is 33.8 Å². The van der Waals surface area contributed by atoms with Crippen molar-refractivity contribution in [3.8, 4) is 17.2 Å². The molecule has 1 atom stereocenters. The first-order valence-corrected chi connectivity index (χ1v) is 11.3. The molecule has 0 bridgehead atoms. The van der Waals surface area contributed by atoms with E-state index in [2.05, 4.69) is 0 Å². The highest BCUT2D eigenvalue weighted by Gasteiger charge is 2.44. The molecule has 8 heteroatoms. The van der Waals surface area contributed by atoms with Crippen LogP contribution in [0, 0.1) is 0 Å². The predicted octanol–water partition coefficient (Wildman–Crippen LogP) is 0.861. The lowest BCUT2D eigenvalue weighted by molar-refractivity contribution is -0.857. The molecule has 1 fully saturated rings. The van der Waals surface area contributed by atoms with Crippen molar-refractivity contribution in [1.82, 2.24) is 4.90 Å². The number of hydrogen-bond acceptors (Lipinski definition) is 6. The monoisotopic (exact) mass is 468 g/mol. The minimum absolute atomic E-state index is 0.0729. The molecular weight excluding hydrogens is 436 g/mol. The topological polar surface area (TPSA) is 92.6 Å². The number of nitrogens with one attached hydrogen (secondary N) is 1. The van der Waals surface area contributed by atoms with Gasteiger partial charge in [0.2, 0.25) is 5.78 Å². The van der Waals surface area contributed by atoms with Crippen LogP contribution in [-0.4, -0.2) is 64.6 Å². The maximum Gasteiger partial charge on any atom is 0.295 e. The molecule has 182 valence electrons. The van der Waals surface area contributed by atoms with E-state index in [1.165, 1.54) is 19.1 Å². The zero-order valence-electron chi connectivity index (χ0n) is 20.3. The third kappa shape index (κ3) is 5.17. The van der Waals surface area contributed by atoms with E-state index in [0.717, 1.165) is 11.3 Å². The number of carbonyl (C=O) groups excluding carboxylic acids is 2.